The zero-order valence-corrected chi connectivity index (χ0v) is 62.5. The normalized spacial score (nSPS) is 18.4. The number of carbonyl (C=O) groups excluding carboxylic acids is 4. The molecule has 13 rings (SSSR count). The molecule has 8 aromatic carbocycles. The predicted octanol–water partition coefficient (Wildman–Crippen LogP) is 15.6. The number of piperidine rings is 4. The first-order chi connectivity index (χ1) is 49.9. The molecule has 4 aliphatic heterocycles. The summed E-state index contributed by atoms with van der Waals surface area (Å²) in [5.41, 5.74) is 8.63. The molecule has 544 valence electrons. The van der Waals surface area contributed by atoms with Crippen molar-refractivity contribution in [2.24, 2.45) is 23.7 Å². The summed E-state index contributed by atoms with van der Waals surface area (Å²) in [4.78, 5) is 60.4. The van der Waals surface area contributed by atoms with Crippen molar-refractivity contribution in [3.05, 3.63) is 303 Å². The predicted molar refractivity (Wildman–Crippen MR) is 418 cm³/mol. The van der Waals surface area contributed by atoms with Gasteiger partial charge < -0.3 is 35.1 Å². The number of para-hydroxylation sites is 1. The van der Waals surface area contributed by atoms with Crippen molar-refractivity contribution >= 4 is 34.0 Å². The maximum absolute atomic E-state index is 12.2. The summed E-state index contributed by atoms with van der Waals surface area (Å²) in [6, 6.07) is 66.0. The summed E-state index contributed by atoms with van der Waals surface area (Å²) in [7, 11) is 6.38. The molecule has 4 fully saturated rings. The van der Waals surface area contributed by atoms with Gasteiger partial charge in [-0.1, -0.05) is 217 Å². The average Bonchev–Trinajstić information content (AvgIpc) is 0.796. The quantitative estimate of drug-likeness (QED) is 0.0472. The zero-order chi connectivity index (χ0) is 74.3. The van der Waals surface area contributed by atoms with E-state index in [4.69, 9.17) is 0 Å². The minimum atomic E-state index is -1.15. The van der Waals surface area contributed by atoms with Crippen LogP contribution in [0, 0.1) is 37.5 Å². The Kier molecular flexibility index (Phi) is 26.1. The number of hydrogen-bond donors (Lipinski definition) is 4. The molecule has 4 aliphatic rings. The highest BCUT2D eigenvalue weighted by atomic mass is 16.3. The Labute approximate surface area is 616 Å². The highest BCUT2D eigenvalue weighted by Gasteiger charge is 2.46. The molecule has 4 unspecified atom stereocenters. The SMILES string of the molecule is C=CCN1CCC(C(O)(c2ccccc2)c2ccc(C(C)=O)cc2)CC1.CC(=O)c1ccc(C(O)(c2cccc(C)c2)C2CCN(C)CC2)cc1.CC(=O)c1ccc(C(O)(c2cccc(C)c2)C2CCN(C)CC2)cc1.CC(=O)c1ccc(C(O)(c2cccc3cccnc23)C2CCN(C)CC2)cc1. The number of aromatic nitrogens is 1. The first-order valence-corrected chi connectivity index (χ1v) is 37.2. The van der Waals surface area contributed by atoms with Gasteiger partial charge in [0.1, 0.15) is 22.4 Å². The van der Waals surface area contributed by atoms with Crippen LogP contribution >= 0.6 is 0 Å². The Morgan fingerprint density at radius 2 is 0.683 bits per heavy atom. The van der Waals surface area contributed by atoms with Gasteiger partial charge in [-0.25, -0.2) is 0 Å². The number of fused-ring (bicyclic) bond motifs is 1. The maximum atomic E-state index is 12.2. The van der Waals surface area contributed by atoms with Gasteiger partial charge in [0.25, 0.3) is 0 Å². The van der Waals surface area contributed by atoms with E-state index < -0.39 is 22.4 Å². The minimum Gasteiger partial charge on any atom is -0.380 e. The monoisotopic (exact) mass is 1400 g/mol. The number of benzene rings is 8. The van der Waals surface area contributed by atoms with E-state index in [1.165, 1.54) is 0 Å². The lowest BCUT2D eigenvalue weighted by Crippen LogP contribution is -2.44. The molecule has 4 saturated heterocycles. The molecule has 4 atom stereocenters. The van der Waals surface area contributed by atoms with Crippen LogP contribution < -0.4 is 0 Å². The van der Waals surface area contributed by atoms with E-state index in [0.717, 1.165) is 177 Å². The van der Waals surface area contributed by atoms with Crippen molar-refractivity contribution in [1.29, 1.82) is 0 Å². The van der Waals surface area contributed by atoms with Gasteiger partial charge >= 0.3 is 0 Å². The van der Waals surface area contributed by atoms with Gasteiger partial charge in [0.05, 0.1) is 5.52 Å². The molecule has 0 bridgehead atoms. The van der Waals surface area contributed by atoms with E-state index >= 15 is 0 Å². The summed E-state index contributed by atoms with van der Waals surface area (Å²) in [6.45, 7) is 22.9. The molecule has 0 aliphatic carbocycles. The lowest BCUT2D eigenvalue weighted by atomic mass is 9.71. The van der Waals surface area contributed by atoms with Gasteiger partial charge in [0.15, 0.2) is 23.1 Å². The third-order valence-electron chi connectivity index (χ3n) is 22.6. The zero-order valence-electron chi connectivity index (χ0n) is 62.5. The second-order valence-electron chi connectivity index (χ2n) is 29.7. The number of ketones is 4. The molecule has 0 radical (unpaired) electrons. The standard InChI is InChI=1S/C24H26N2O2.C23H27NO2.2C22H27NO2/c1-17(27)18-8-10-20(11-9-18)24(28,21-12-15-26(2)16-13-21)22-7-3-5-19-6-4-14-25-23(19)22;1-3-15-24-16-13-22(14-17-24)23(26,20-7-5-4-6-8-20)21-11-9-19(10-12-21)18(2)25;2*1-16-5-4-6-21(15-16)22(25,20-11-13-23(3)14-12-20)19-9-7-18(8-10-19)17(2)24/h3-11,14,21,28H,12-13,15-16H2,1-2H3;3-12,22,26H,1,13-17H2,2H3;2*4-10,15,20,25H,11-14H2,1-3H3. The van der Waals surface area contributed by atoms with E-state index in [0.29, 0.717) is 22.3 Å². The first-order valence-electron chi connectivity index (χ1n) is 37.2. The maximum Gasteiger partial charge on any atom is 0.159 e. The largest absolute Gasteiger partial charge is 0.380 e. The second kappa shape index (κ2) is 34.9. The number of likely N-dealkylation sites (tertiary alicyclic amines) is 4. The van der Waals surface area contributed by atoms with Gasteiger partial charge in [0, 0.05) is 45.9 Å². The van der Waals surface area contributed by atoms with Crippen LogP contribution in [0.5, 0.6) is 0 Å². The fourth-order valence-corrected chi connectivity index (χ4v) is 16.2. The number of rotatable bonds is 18. The molecular formula is C91H107N5O8. The van der Waals surface area contributed by atoms with Gasteiger partial charge in [-0.05, 0) is 235 Å². The summed E-state index contributed by atoms with van der Waals surface area (Å²) in [5.74, 6) is 0.699. The van der Waals surface area contributed by atoms with Crippen molar-refractivity contribution in [2.45, 2.75) is 115 Å². The Morgan fingerprint density at radius 3 is 1.03 bits per heavy atom. The van der Waals surface area contributed by atoms with Crippen LogP contribution in [0.3, 0.4) is 0 Å². The number of hydrogen-bond acceptors (Lipinski definition) is 13. The van der Waals surface area contributed by atoms with Gasteiger partial charge in [-0.3, -0.25) is 29.1 Å². The molecule has 0 saturated carbocycles. The summed E-state index contributed by atoms with van der Waals surface area (Å²) < 4.78 is 0. The number of Topliss-reactive ketones (excluding diaryl/α,β-unsaturated/α-hetero) is 4. The molecule has 4 N–H and O–H groups in total. The van der Waals surface area contributed by atoms with Crippen LogP contribution in [0.2, 0.25) is 0 Å². The minimum absolute atomic E-state index is 0.0289. The highest BCUT2D eigenvalue weighted by Crippen LogP contribution is 2.47. The lowest BCUT2D eigenvalue weighted by molar-refractivity contribution is -0.0127. The number of nitrogens with zero attached hydrogens (tertiary/aromatic N) is 5. The molecule has 13 heteroatoms. The van der Waals surface area contributed by atoms with Crippen molar-refractivity contribution < 1.29 is 39.6 Å². The molecule has 0 spiro atoms. The number of carbonyl (C=O) groups is 4. The van der Waals surface area contributed by atoms with Gasteiger partial charge in [-0.15, -0.1) is 6.58 Å². The van der Waals surface area contributed by atoms with Gasteiger partial charge in [-0.2, -0.15) is 0 Å². The van der Waals surface area contributed by atoms with Crippen LogP contribution in [-0.4, -0.2) is 148 Å². The second-order valence-corrected chi connectivity index (χ2v) is 29.7. The fourth-order valence-electron chi connectivity index (χ4n) is 16.2. The number of aryl methyl sites for hydroxylation is 2. The van der Waals surface area contributed by atoms with Crippen LogP contribution in [0.1, 0.15) is 176 Å². The van der Waals surface area contributed by atoms with Crippen molar-refractivity contribution in [3.8, 4) is 0 Å². The van der Waals surface area contributed by atoms with Crippen LogP contribution in [0.4, 0.5) is 0 Å². The Hall–Kier alpha value is -8.73. The average molecular weight is 1400 g/mol. The van der Waals surface area contributed by atoms with Crippen LogP contribution in [0.25, 0.3) is 10.9 Å². The fraction of sp³-hybridized carbons (Fsp3) is 0.374. The van der Waals surface area contributed by atoms with E-state index in [2.05, 4.69) is 90.4 Å². The third-order valence-corrected chi connectivity index (χ3v) is 22.6. The summed E-state index contributed by atoms with van der Waals surface area (Å²) in [5, 5.41) is 49.0. The first kappa shape index (κ1) is 77.9. The Balaban J connectivity index is 0.000000149. The summed E-state index contributed by atoms with van der Waals surface area (Å²) >= 11 is 0. The lowest BCUT2D eigenvalue weighted by Gasteiger charge is -2.42. The molecule has 1 aromatic heterocycles. The van der Waals surface area contributed by atoms with Crippen molar-refractivity contribution in [1.82, 2.24) is 24.6 Å². The highest BCUT2D eigenvalue weighted by molar-refractivity contribution is 5.95. The van der Waals surface area contributed by atoms with E-state index in [-0.39, 0.29) is 46.8 Å². The Morgan fingerprint density at radius 1 is 0.385 bits per heavy atom. The molecule has 13 nitrogen and oxygen atoms in total. The topological polar surface area (TPSA) is 175 Å². The van der Waals surface area contributed by atoms with E-state index in [1.54, 1.807) is 33.9 Å². The molecule has 5 heterocycles. The molecule has 104 heavy (non-hydrogen) atoms. The van der Waals surface area contributed by atoms with Crippen LogP contribution in [0.15, 0.2) is 225 Å². The molecular weight excluding hydrogens is 1290 g/mol. The summed E-state index contributed by atoms with van der Waals surface area (Å²) in [6.07, 6.45) is 11.2. The van der Waals surface area contributed by atoms with Crippen molar-refractivity contribution in [2.75, 3.05) is 80.0 Å². The van der Waals surface area contributed by atoms with Crippen LogP contribution in [-0.2, 0) is 22.4 Å². The van der Waals surface area contributed by atoms with Crippen molar-refractivity contribution in [3.63, 3.8) is 0 Å². The van der Waals surface area contributed by atoms with E-state index in [9.17, 15) is 39.6 Å². The van der Waals surface area contributed by atoms with E-state index in [1.807, 2.05) is 188 Å². The molecule has 9 aromatic rings. The smallest absolute Gasteiger partial charge is 0.159 e. The molecule has 0 amide bonds. The number of aliphatic hydroxyl groups is 4. The third kappa shape index (κ3) is 17.8. The van der Waals surface area contributed by atoms with Gasteiger partial charge in [0.2, 0.25) is 0 Å². The Bertz CT molecular complexity index is 4210. The number of pyridine rings is 1.